The number of amidine groups is 2. The van der Waals surface area contributed by atoms with Crippen molar-refractivity contribution in [2.75, 3.05) is 18.5 Å². The molecule has 0 unspecified atom stereocenters. The highest BCUT2D eigenvalue weighted by atomic mass is 16.6. The van der Waals surface area contributed by atoms with Crippen LogP contribution in [0.3, 0.4) is 0 Å². The standard InChI is InChI=1S/C14H17N5O4/c1-14(22)10(21)8(5-20)23-13(14)19-4-7-9-11(16-3-2-15-7)17-6-18-12(9)19/h2,4,6,8,10,13,20-22H,3,5H2,1H3,(H,16,17,18)/t8-,10-,13-,14+/m1/s1/i6T. The molecule has 3 aliphatic rings. The SMILES string of the molecule is [3H]C1=NC2=NCC=Nc3cn([C@@H]4O[C@H](CO)[C@@H](O)[C@]4(C)O)c(c32)N1. The van der Waals surface area contributed by atoms with Gasteiger partial charge in [-0.1, -0.05) is 0 Å². The predicted octanol–water partition coefficient (Wildman–Crippen LogP) is -0.594. The second-order valence-corrected chi connectivity index (χ2v) is 5.85. The first-order valence-corrected chi connectivity index (χ1v) is 7.24. The zero-order valence-electron chi connectivity index (χ0n) is 13.3. The number of nitrogens with one attached hydrogen (secondary N) is 1. The molecular weight excluding hydrogens is 302 g/mol. The van der Waals surface area contributed by atoms with E-state index in [-0.39, 0.29) is 6.31 Å². The summed E-state index contributed by atoms with van der Waals surface area (Å²) in [6.07, 6.45) is 0.0421. The number of nitrogens with zero attached hydrogens (tertiary/aromatic N) is 4. The van der Waals surface area contributed by atoms with Crippen LogP contribution in [0.15, 0.2) is 21.2 Å². The Hall–Kier alpha value is -2.07. The van der Waals surface area contributed by atoms with Crippen LogP contribution < -0.4 is 5.32 Å². The molecule has 23 heavy (non-hydrogen) atoms. The maximum Gasteiger partial charge on any atom is 0.167 e. The van der Waals surface area contributed by atoms with E-state index >= 15 is 0 Å². The molecule has 4 N–H and O–H groups in total. The predicted molar refractivity (Wildman–Crippen MR) is 83.7 cm³/mol. The number of aliphatic hydroxyl groups is 3. The van der Waals surface area contributed by atoms with Gasteiger partial charge in [0, 0.05) is 12.4 Å². The molecule has 0 bridgehead atoms. The summed E-state index contributed by atoms with van der Waals surface area (Å²) in [7, 11) is 0. The summed E-state index contributed by atoms with van der Waals surface area (Å²) in [5.74, 6) is 0.843. The molecule has 1 saturated heterocycles. The van der Waals surface area contributed by atoms with Crippen LogP contribution in [0.4, 0.5) is 11.5 Å². The monoisotopic (exact) mass is 321 g/mol. The van der Waals surface area contributed by atoms with Gasteiger partial charge in [0.2, 0.25) is 0 Å². The Kier molecular flexibility index (Phi) is 2.89. The van der Waals surface area contributed by atoms with Crippen molar-refractivity contribution < 1.29 is 21.4 Å². The Labute approximate surface area is 133 Å². The van der Waals surface area contributed by atoms with Crippen molar-refractivity contribution >= 4 is 29.9 Å². The second-order valence-electron chi connectivity index (χ2n) is 5.85. The van der Waals surface area contributed by atoms with Crippen LogP contribution in [0.5, 0.6) is 0 Å². The van der Waals surface area contributed by atoms with Gasteiger partial charge in [-0.25, -0.2) is 4.99 Å². The highest BCUT2D eigenvalue weighted by Crippen LogP contribution is 2.43. The molecule has 9 nitrogen and oxygen atoms in total. The molecule has 4 heterocycles. The van der Waals surface area contributed by atoms with Gasteiger partial charge in [-0.2, -0.15) is 0 Å². The molecule has 1 aromatic heterocycles. The Balaban J connectivity index is 1.85. The lowest BCUT2D eigenvalue weighted by Gasteiger charge is -2.29. The van der Waals surface area contributed by atoms with Crippen LogP contribution in [0.25, 0.3) is 0 Å². The number of aliphatic hydroxyl groups excluding tert-OH is 2. The third-order valence-corrected chi connectivity index (χ3v) is 4.31. The lowest BCUT2D eigenvalue weighted by atomic mass is 9.96. The van der Waals surface area contributed by atoms with Gasteiger partial charge in [0.05, 0.1) is 30.7 Å². The van der Waals surface area contributed by atoms with Gasteiger partial charge in [0.25, 0.3) is 0 Å². The summed E-state index contributed by atoms with van der Waals surface area (Å²) in [4.78, 5) is 12.7. The average Bonchev–Trinajstić information content (AvgIpc) is 2.89. The third-order valence-electron chi connectivity index (χ3n) is 4.31. The van der Waals surface area contributed by atoms with Crippen LogP contribution in [-0.2, 0) is 4.74 Å². The Morgan fingerprint density at radius 1 is 1.57 bits per heavy atom. The van der Waals surface area contributed by atoms with E-state index in [2.05, 4.69) is 20.3 Å². The van der Waals surface area contributed by atoms with Gasteiger partial charge < -0.3 is 29.9 Å². The highest BCUT2D eigenvalue weighted by molar-refractivity contribution is 6.16. The van der Waals surface area contributed by atoms with Crippen molar-refractivity contribution in [2.24, 2.45) is 15.0 Å². The fourth-order valence-corrected chi connectivity index (χ4v) is 3.10. The minimum absolute atomic E-state index is 0.0917. The summed E-state index contributed by atoms with van der Waals surface area (Å²) in [6, 6.07) is 0. The van der Waals surface area contributed by atoms with E-state index in [0.29, 0.717) is 29.4 Å². The Morgan fingerprint density at radius 3 is 3.13 bits per heavy atom. The normalized spacial score (nSPS) is 35.8. The largest absolute Gasteiger partial charge is 0.394 e. The number of hydrogen-bond acceptors (Lipinski definition) is 8. The lowest BCUT2D eigenvalue weighted by Crippen LogP contribution is -2.44. The number of hydrogen-bond donors (Lipinski definition) is 4. The van der Waals surface area contributed by atoms with E-state index < -0.39 is 30.6 Å². The number of ether oxygens (including phenoxy) is 1. The van der Waals surface area contributed by atoms with Crippen LogP contribution in [0, 0.1) is 0 Å². The fourth-order valence-electron chi connectivity index (χ4n) is 3.10. The van der Waals surface area contributed by atoms with E-state index in [9.17, 15) is 15.3 Å². The smallest absolute Gasteiger partial charge is 0.167 e. The summed E-state index contributed by atoms with van der Waals surface area (Å²) in [6.45, 7) is 1.38. The van der Waals surface area contributed by atoms with Crippen LogP contribution in [-0.4, -0.2) is 69.2 Å². The zero-order valence-corrected chi connectivity index (χ0v) is 12.3. The van der Waals surface area contributed by atoms with Gasteiger partial charge in [-0.05, 0) is 6.92 Å². The summed E-state index contributed by atoms with van der Waals surface area (Å²) >= 11 is 0. The van der Waals surface area contributed by atoms with Crippen LogP contribution in [0.1, 0.15) is 20.1 Å². The third kappa shape index (κ3) is 1.98. The van der Waals surface area contributed by atoms with Crippen molar-refractivity contribution in [2.45, 2.75) is 31.0 Å². The molecule has 1 aromatic rings. The maximum absolute atomic E-state index is 10.7. The van der Waals surface area contributed by atoms with Crippen LogP contribution >= 0.6 is 0 Å². The van der Waals surface area contributed by atoms with E-state index in [1.165, 1.54) is 6.92 Å². The minimum atomic E-state index is -1.64. The van der Waals surface area contributed by atoms with Gasteiger partial charge >= 0.3 is 0 Å². The fraction of sp³-hybridized carbons (Fsp3) is 0.500. The first kappa shape index (κ1) is 13.4. The molecule has 122 valence electrons. The molecule has 0 spiro atoms. The van der Waals surface area contributed by atoms with Crippen molar-refractivity contribution in [1.29, 1.82) is 0 Å². The first-order chi connectivity index (χ1) is 11.4. The van der Waals surface area contributed by atoms with Crippen molar-refractivity contribution in [3.05, 3.63) is 11.8 Å². The van der Waals surface area contributed by atoms with E-state index in [1.54, 1.807) is 17.0 Å². The number of anilines is 1. The summed E-state index contributed by atoms with van der Waals surface area (Å²) in [5.41, 5.74) is -0.450. The molecule has 4 atom stereocenters. The molecule has 4 rings (SSSR count). The molecule has 0 aliphatic carbocycles. The van der Waals surface area contributed by atoms with E-state index in [4.69, 9.17) is 6.11 Å². The quantitative estimate of drug-likeness (QED) is 0.579. The molecule has 0 radical (unpaired) electrons. The number of rotatable bonds is 2. The molecular formula is C14H17N5O4. The van der Waals surface area contributed by atoms with Crippen molar-refractivity contribution in [3.63, 3.8) is 0 Å². The average molecular weight is 321 g/mol. The second kappa shape index (κ2) is 4.96. The molecule has 0 aromatic carbocycles. The number of aliphatic imine (C=N–C) groups is 3. The Bertz CT molecular complexity index is 784. The highest BCUT2D eigenvalue weighted by Gasteiger charge is 2.53. The number of aromatic nitrogens is 1. The lowest BCUT2D eigenvalue weighted by molar-refractivity contribution is -0.0954. The first-order valence-electron chi connectivity index (χ1n) is 7.74. The molecule has 9 heteroatoms. The van der Waals surface area contributed by atoms with Crippen LogP contribution in [0.2, 0.25) is 0 Å². The van der Waals surface area contributed by atoms with Gasteiger partial charge in [0.1, 0.15) is 25.0 Å². The summed E-state index contributed by atoms with van der Waals surface area (Å²) in [5, 5.41) is 33.0. The van der Waals surface area contributed by atoms with Gasteiger partial charge in [0.15, 0.2) is 12.1 Å². The van der Waals surface area contributed by atoms with Crippen molar-refractivity contribution in [3.8, 4) is 0 Å². The molecule has 0 amide bonds. The van der Waals surface area contributed by atoms with E-state index in [0.717, 1.165) is 0 Å². The minimum Gasteiger partial charge on any atom is -0.394 e. The van der Waals surface area contributed by atoms with E-state index in [1.807, 2.05) is 0 Å². The molecule has 3 aliphatic heterocycles. The zero-order chi connectivity index (χ0) is 17.1. The molecule has 1 fully saturated rings. The Morgan fingerprint density at radius 2 is 2.39 bits per heavy atom. The van der Waals surface area contributed by atoms with Crippen molar-refractivity contribution in [1.82, 2.24) is 4.57 Å². The molecule has 0 saturated carbocycles. The summed E-state index contributed by atoms with van der Waals surface area (Å²) < 4.78 is 15.0. The topological polar surface area (TPSA) is 124 Å². The van der Waals surface area contributed by atoms with Gasteiger partial charge in [-0.3, -0.25) is 9.98 Å². The van der Waals surface area contributed by atoms with Gasteiger partial charge in [-0.15, -0.1) is 0 Å². The maximum atomic E-state index is 10.7.